The molecule has 1 atom stereocenters. The zero-order valence-corrected chi connectivity index (χ0v) is 11.6. The maximum Gasteiger partial charge on any atom is 0.244 e. The Balaban J connectivity index is 2.19. The van der Waals surface area contributed by atoms with Crippen molar-refractivity contribution in [3.8, 4) is 5.75 Å². The molecule has 3 N–H and O–H groups in total. The number of anilines is 1. The SMILES string of the molecule is CNS(=O)(=O)c1cc(N)ccc1OCC1CCCO1. The van der Waals surface area contributed by atoms with Crippen LogP contribution in [0.1, 0.15) is 12.8 Å². The fourth-order valence-electron chi connectivity index (χ4n) is 1.92. The maximum atomic E-state index is 11.9. The Labute approximate surface area is 112 Å². The molecule has 0 radical (unpaired) electrons. The van der Waals surface area contributed by atoms with Crippen LogP contribution in [0.3, 0.4) is 0 Å². The van der Waals surface area contributed by atoms with E-state index in [4.69, 9.17) is 15.2 Å². The van der Waals surface area contributed by atoms with Crippen LogP contribution in [-0.4, -0.2) is 34.8 Å². The highest BCUT2D eigenvalue weighted by Gasteiger charge is 2.21. The molecule has 7 heteroatoms. The average molecular weight is 286 g/mol. The molecule has 1 unspecified atom stereocenters. The van der Waals surface area contributed by atoms with Crippen LogP contribution in [0, 0.1) is 0 Å². The fraction of sp³-hybridized carbons (Fsp3) is 0.500. The normalized spacial score (nSPS) is 19.5. The van der Waals surface area contributed by atoms with Crippen LogP contribution in [-0.2, 0) is 14.8 Å². The third kappa shape index (κ3) is 3.37. The van der Waals surface area contributed by atoms with Crippen LogP contribution in [0.5, 0.6) is 5.75 Å². The first kappa shape index (κ1) is 14.1. The van der Waals surface area contributed by atoms with Gasteiger partial charge in [0, 0.05) is 12.3 Å². The molecule has 0 amide bonds. The Kier molecular flexibility index (Phi) is 4.28. The summed E-state index contributed by atoms with van der Waals surface area (Å²) in [6, 6.07) is 4.56. The van der Waals surface area contributed by atoms with E-state index < -0.39 is 10.0 Å². The first-order valence-electron chi connectivity index (χ1n) is 6.10. The summed E-state index contributed by atoms with van der Waals surface area (Å²) in [6.45, 7) is 1.08. The number of nitrogens with one attached hydrogen (secondary N) is 1. The maximum absolute atomic E-state index is 11.9. The average Bonchev–Trinajstić information content (AvgIpc) is 2.90. The topological polar surface area (TPSA) is 90.7 Å². The van der Waals surface area contributed by atoms with Gasteiger partial charge in [-0.15, -0.1) is 0 Å². The molecule has 0 saturated carbocycles. The van der Waals surface area contributed by atoms with Crippen molar-refractivity contribution in [2.24, 2.45) is 0 Å². The van der Waals surface area contributed by atoms with E-state index in [2.05, 4.69) is 4.72 Å². The molecule has 1 heterocycles. The summed E-state index contributed by atoms with van der Waals surface area (Å²) in [5, 5.41) is 0. The first-order valence-corrected chi connectivity index (χ1v) is 7.59. The van der Waals surface area contributed by atoms with Crippen molar-refractivity contribution < 1.29 is 17.9 Å². The van der Waals surface area contributed by atoms with Crippen LogP contribution >= 0.6 is 0 Å². The largest absolute Gasteiger partial charge is 0.489 e. The third-order valence-electron chi connectivity index (χ3n) is 2.97. The molecule has 6 nitrogen and oxygen atoms in total. The van der Waals surface area contributed by atoms with Crippen molar-refractivity contribution in [2.75, 3.05) is 26.0 Å². The standard InChI is InChI=1S/C12H18N2O4S/c1-14-19(15,16)12-7-9(13)4-5-11(12)18-8-10-3-2-6-17-10/h4-5,7,10,14H,2-3,6,8,13H2,1H3. The van der Waals surface area contributed by atoms with Crippen molar-refractivity contribution in [2.45, 2.75) is 23.8 Å². The molecule has 1 aromatic rings. The number of sulfonamides is 1. The van der Waals surface area contributed by atoms with E-state index >= 15 is 0 Å². The lowest BCUT2D eigenvalue weighted by atomic mass is 10.2. The van der Waals surface area contributed by atoms with Crippen LogP contribution < -0.4 is 15.2 Å². The van der Waals surface area contributed by atoms with Gasteiger partial charge in [0.25, 0.3) is 0 Å². The minimum Gasteiger partial charge on any atom is -0.489 e. The smallest absolute Gasteiger partial charge is 0.244 e. The Hall–Kier alpha value is -1.31. The first-order chi connectivity index (χ1) is 9.03. The van der Waals surface area contributed by atoms with Crippen molar-refractivity contribution in [1.29, 1.82) is 0 Å². The summed E-state index contributed by atoms with van der Waals surface area (Å²) >= 11 is 0. The van der Waals surface area contributed by atoms with Gasteiger partial charge >= 0.3 is 0 Å². The van der Waals surface area contributed by atoms with Crippen LogP contribution in [0.2, 0.25) is 0 Å². The second-order valence-corrected chi connectivity index (χ2v) is 6.21. The van der Waals surface area contributed by atoms with Gasteiger partial charge in [0.1, 0.15) is 17.3 Å². The van der Waals surface area contributed by atoms with Gasteiger partial charge in [0.05, 0.1) is 6.10 Å². The van der Waals surface area contributed by atoms with Crippen molar-refractivity contribution >= 4 is 15.7 Å². The molecule has 0 spiro atoms. The molecule has 2 rings (SSSR count). The molecule has 106 valence electrons. The second kappa shape index (κ2) is 5.77. The molecular weight excluding hydrogens is 268 g/mol. The molecule has 1 aromatic carbocycles. The van der Waals surface area contributed by atoms with Gasteiger partial charge in [0.15, 0.2) is 0 Å². The van der Waals surface area contributed by atoms with Crippen molar-refractivity contribution in [1.82, 2.24) is 4.72 Å². The zero-order valence-electron chi connectivity index (χ0n) is 10.8. The summed E-state index contributed by atoms with van der Waals surface area (Å²) in [5.74, 6) is 0.291. The molecule has 0 bridgehead atoms. The number of nitrogens with two attached hydrogens (primary N) is 1. The lowest BCUT2D eigenvalue weighted by molar-refractivity contribution is 0.0669. The minimum atomic E-state index is -3.59. The third-order valence-corrected chi connectivity index (χ3v) is 4.41. The lowest BCUT2D eigenvalue weighted by Crippen LogP contribution is -2.22. The van der Waals surface area contributed by atoms with E-state index in [9.17, 15) is 8.42 Å². The number of ether oxygens (including phenoxy) is 2. The number of rotatable bonds is 5. The lowest BCUT2D eigenvalue weighted by Gasteiger charge is -2.15. The number of benzene rings is 1. The number of nitrogen functional groups attached to an aromatic ring is 1. The zero-order chi connectivity index (χ0) is 13.9. The van der Waals surface area contributed by atoms with Crippen LogP contribution in [0.4, 0.5) is 5.69 Å². The number of hydrogen-bond acceptors (Lipinski definition) is 5. The highest BCUT2D eigenvalue weighted by Crippen LogP contribution is 2.26. The van der Waals surface area contributed by atoms with Crippen LogP contribution in [0.25, 0.3) is 0 Å². The highest BCUT2D eigenvalue weighted by molar-refractivity contribution is 7.89. The van der Waals surface area contributed by atoms with E-state index in [1.807, 2.05) is 0 Å². The monoisotopic (exact) mass is 286 g/mol. The van der Waals surface area contributed by atoms with E-state index in [1.165, 1.54) is 13.1 Å². The van der Waals surface area contributed by atoms with Gasteiger partial charge in [-0.05, 0) is 38.1 Å². The predicted octanol–water partition coefficient (Wildman–Crippen LogP) is 0.735. The highest BCUT2D eigenvalue weighted by atomic mass is 32.2. The second-order valence-electron chi connectivity index (χ2n) is 4.36. The molecule has 1 aliphatic heterocycles. The van der Waals surface area contributed by atoms with Crippen molar-refractivity contribution in [3.05, 3.63) is 18.2 Å². The van der Waals surface area contributed by atoms with E-state index in [0.717, 1.165) is 19.4 Å². The Bertz CT molecular complexity index is 539. The van der Waals surface area contributed by atoms with Gasteiger partial charge < -0.3 is 15.2 Å². The molecule has 1 saturated heterocycles. The quantitative estimate of drug-likeness (QED) is 0.779. The molecule has 1 aliphatic rings. The number of hydrogen-bond donors (Lipinski definition) is 2. The summed E-state index contributed by atoms with van der Waals surface area (Å²) in [6.07, 6.45) is 1.98. The van der Waals surface area contributed by atoms with Crippen molar-refractivity contribution in [3.63, 3.8) is 0 Å². The fourth-order valence-corrected chi connectivity index (χ4v) is 2.83. The van der Waals surface area contributed by atoms with Gasteiger partial charge in [-0.3, -0.25) is 0 Å². The summed E-state index contributed by atoms with van der Waals surface area (Å²) in [7, 11) is -2.24. The Morgan fingerprint density at radius 3 is 2.95 bits per heavy atom. The Morgan fingerprint density at radius 2 is 2.32 bits per heavy atom. The molecule has 1 fully saturated rings. The summed E-state index contributed by atoms with van der Waals surface area (Å²) < 4.78 is 37.0. The van der Waals surface area contributed by atoms with Gasteiger partial charge in [0.2, 0.25) is 10.0 Å². The van der Waals surface area contributed by atoms with Gasteiger partial charge in [-0.25, -0.2) is 13.1 Å². The Morgan fingerprint density at radius 1 is 1.53 bits per heavy atom. The summed E-state index contributed by atoms with van der Waals surface area (Å²) in [5.41, 5.74) is 6.00. The van der Waals surface area contributed by atoms with Gasteiger partial charge in [-0.2, -0.15) is 0 Å². The molecular formula is C12H18N2O4S. The molecule has 19 heavy (non-hydrogen) atoms. The molecule has 0 aliphatic carbocycles. The van der Waals surface area contributed by atoms with E-state index in [1.54, 1.807) is 12.1 Å². The molecule has 0 aromatic heterocycles. The van der Waals surface area contributed by atoms with E-state index in [-0.39, 0.29) is 11.0 Å². The van der Waals surface area contributed by atoms with Crippen LogP contribution in [0.15, 0.2) is 23.1 Å². The summed E-state index contributed by atoms with van der Waals surface area (Å²) in [4.78, 5) is 0.0491. The minimum absolute atomic E-state index is 0.0303. The van der Waals surface area contributed by atoms with Gasteiger partial charge in [-0.1, -0.05) is 0 Å². The van der Waals surface area contributed by atoms with E-state index in [0.29, 0.717) is 18.0 Å². The predicted molar refractivity (Wildman–Crippen MR) is 71.6 cm³/mol.